The predicted molar refractivity (Wildman–Crippen MR) is 156 cm³/mol. The zero-order chi connectivity index (χ0) is 25.9. The lowest BCUT2D eigenvalue weighted by molar-refractivity contribution is 0.0990. The van der Waals surface area contributed by atoms with Crippen molar-refractivity contribution in [3.63, 3.8) is 0 Å². The van der Waals surface area contributed by atoms with E-state index in [0.29, 0.717) is 11.1 Å². The van der Waals surface area contributed by atoms with E-state index in [2.05, 4.69) is 77.4 Å². The molecule has 184 valence electrons. The number of nitrogens with zero attached hydrogens (tertiary/aromatic N) is 1. The molecule has 1 spiro atoms. The molecule has 6 aromatic rings. The average molecular weight is 520 g/mol. The van der Waals surface area contributed by atoms with E-state index >= 15 is 0 Å². The molecule has 3 aliphatic rings. The molecule has 1 aliphatic heterocycles. The van der Waals surface area contributed by atoms with Crippen LogP contribution < -0.4 is 0 Å². The van der Waals surface area contributed by atoms with Crippen molar-refractivity contribution in [1.82, 2.24) is 4.57 Å². The molecule has 0 N–H and O–H groups in total. The number of fused-ring (bicyclic) bond motifs is 10. The van der Waals surface area contributed by atoms with Crippen molar-refractivity contribution < 1.29 is 9.59 Å². The quantitative estimate of drug-likeness (QED) is 0.164. The monoisotopic (exact) mass is 519 g/mol. The van der Waals surface area contributed by atoms with Crippen LogP contribution in [0.15, 0.2) is 103 Å². The van der Waals surface area contributed by atoms with E-state index < -0.39 is 0 Å². The lowest BCUT2D eigenvalue weighted by Crippen LogP contribution is -2.30. The number of hydrogen-bond acceptors (Lipinski definition) is 3. The molecule has 1 atom stereocenters. The highest BCUT2D eigenvalue weighted by molar-refractivity contribution is 7.15. The van der Waals surface area contributed by atoms with Crippen LogP contribution in [0.3, 0.4) is 0 Å². The van der Waals surface area contributed by atoms with Crippen LogP contribution in [-0.4, -0.2) is 16.1 Å². The van der Waals surface area contributed by atoms with E-state index in [1.807, 2.05) is 18.2 Å². The maximum Gasteiger partial charge on any atom is 0.197 e. The zero-order valence-electron chi connectivity index (χ0n) is 20.9. The summed E-state index contributed by atoms with van der Waals surface area (Å²) in [5, 5.41) is 3.69. The van der Waals surface area contributed by atoms with Gasteiger partial charge in [-0.15, -0.1) is 11.3 Å². The molecule has 0 saturated carbocycles. The highest BCUT2D eigenvalue weighted by Gasteiger charge is 2.48. The van der Waals surface area contributed by atoms with E-state index in [4.69, 9.17) is 0 Å². The topological polar surface area (TPSA) is 39.1 Å². The molecular weight excluding hydrogens is 498 g/mol. The van der Waals surface area contributed by atoms with Crippen LogP contribution in [0.4, 0.5) is 0 Å². The minimum absolute atomic E-state index is 0.181. The number of aryl methyl sites for hydroxylation is 1. The number of allylic oxidation sites excluding steroid dienone is 1. The van der Waals surface area contributed by atoms with Crippen molar-refractivity contribution in [3.05, 3.63) is 141 Å². The Bertz CT molecular complexity index is 2090. The van der Waals surface area contributed by atoms with Crippen LogP contribution in [0.5, 0.6) is 0 Å². The Morgan fingerprint density at radius 1 is 0.718 bits per heavy atom. The lowest BCUT2D eigenvalue weighted by Gasteiger charge is -2.36. The smallest absolute Gasteiger partial charge is 0.197 e. The first-order valence-corrected chi connectivity index (χ1v) is 14.1. The van der Waals surface area contributed by atoms with Crippen molar-refractivity contribution in [2.75, 3.05) is 0 Å². The minimum atomic E-state index is -0.268. The maximum absolute atomic E-state index is 13.2. The lowest BCUT2D eigenvalue weighted by atomic mass is 9.69. The second-order valence-corrected chi connectivity index (χ2v) is 11.8. The molecule has 9 rings (SSSR count). The van der Waals surface area contributed by atoms with E-state index in [1.54, 1.807) is 23.5 Å². The van der Waals surface area contributed by atoms with Crippen molar-refractivity contribution >= 4 is 50.8 Å². The molecule has 4 heteroatoms. The fraction of sp³-hybridized carbons (Fsp3) is 0.0857. The van der Waals surface area contributed by atoms with Gasteiger partial charge in [-0.2, -0.15) is 0 Å². The van der Waals surface area contributed by atoms with Gasteiger partial charge >= 0.3 is 0 Å². The number of para-hydroxylation sites is 2. The summed E-state index contributed by atoms with van der Waals surface area (Å²) in [6.45, 7) is 0. The standard InChI is InChI=1S/C35H21NO2S/c37-32-24-10-2-3-11-25(24)33(38)26(32)18-21-19-29-34(39-21)36-30-15-6-4-9-22(30)23-12-7-14-28(31(23)36)35(29)17-16-20-8-1-5-13-27(20)35/h1-15,18-19H,16-17H2. The summed E-state index contributed by atoms with van der Waals surface area (Å²) >= 11 is 1.68. The Morgan fingerprint density at radius 3 is 2.26 bits per heavy atom. The third kappa shape index (κ3) is 2.53. The molecule has 1 unspecified atom stereocenters. The van der Waals surface area contributed by atoms with Crippen LogP contribution in [-0.2, 0) is 11.8 Å². The van der Waals surface area contributed by atoms with Crippen molar-refractivity contribution in [1.29, 1.82) is 0 Å². The molecule has 39 heavy (non-hydrogen) atoms. The van der Waals surface area contributed by atoms with Crippen molar-refractivity contribution in [3.8, 4) is 5.00 Å². The van der Waals surface area contributed by atoms with Crippen LogP contribution >= 0.6 is 11.3 Å². The average Bonchev–Trinajstić information content (AvgIpc) is 3.72. The largest absolute Gasteiger partial charge is 0.300 e. The summed E-state index contributed by atoms with van der Waals surface area (Å²) in [6, 6.07) is 33.6. The molecule has 0 fully saturated rings. The summed E-state index contributed by atoms with van der Waals surface area (Å²) in [4.78, 5) is 27.4. The van der Waals surface area contributed by atoms with E-state index in [-0.39, 0.29) is 22.6 Å². The fourth-order valence-electron chi connectivity index (χ4n) is 7.38. The molecule has 0 amide bonds. The zero-order valence-corrected chi connectivity index (χ0v) is 21.7. The van der Waals surface area contributed by atoms with Gasteiger partial charge in [0.1, 0.15) is 5.00 Å². The normalized spacial score (nSPS) is 18.7. The second kappa shape index (κ2) is 7.31. The first-order chi connectivity index (χ1) is 19.2. The van der Waals surface area contributed by atoms with Gasteiger partial charge in [0.25, 0.3) is 0 Å². The SMILES string of the molecule is O=C1C(=Cc2cc3c(s2)-n2c4ccccc4c4cccc(c42)C32CCc3ccccc32)C(=O)c2ccccc21. The summed E-state index contributed by atoms with van der Waals surface area (Å²) in [5.41, 5.74) is 8.82. The number of carbonyl (C=O) groups is 2. The molecule has 0 bridgehead atoms. The summed E-state index contributed by atoms with van der Waals surface area (Å²) in [6.07, 6.45) is 3.84. The molecule has 0 saturated heterocycles. The van der Waals surface area contributed by atoms with Crippen LogP contribution in [0.2, 0.25) is 0 Å². The molecule has 0 radical (unpaired) electrons. The highest BCUT2D eigenvalue weighted by atomic mass is 32.1. The number of benzene rings is 4. The fourth-order valence-corrected chi connectivity index (χ4v) is 8.58. The number of carbonyl (C=O) groups excluding carboxylic acids is 2. The number of aromatic nitrogens is 1. The van der Waals surface area contributed by atoms with Gasteiger partial charge in [-0.05, 0) is 47.7 Å². The Hall–Kier alpha value is -4.54. The predicted octanol–water partition coefficient (Wildman–Crippen LogP) is 7.90. The third-order valence-corrected chi connectivity index (χ3v) is 10.1. The second-order valence-electron chi connectivity index (χ2n) is 10.7. The number of thiophene rings is 1. The van der Waals surface area contributed by atoms with Gasteiger partial charge < -0.3 is 4.57 Å². The van der Waals surface area contributed by atoms with Gasteiger partial charge in [-0.25, -0.2) is 0 Å². The molecule has 3 heterocycles. The van der Waals surface area contributed by atoms with Gasteiger partial charge in [0, 0.05) is 32.3 Å². The minimum Gasteiger partial charge on any atom is -0.300 e. The van der Waals surface area contributed by atoms with Gasteiger partial charge in [0.05, 0.1) is 22.0 Å². The summed E-state index contributed by atoms with van der Waals surface area (Å²) < 4.78 is 2.42. The van der Waals surface area contributed by atoms with Gasteiger partial charge in [0.15, 0.2) is 11.6 Å². The van der Waals surface area contributed by atoms with Crippen LogP contribution in [0.25, 0.3) is 32.9 Å². The van der Waals surface area contributed by atoms with Gasteiger partial charge in [-0.1, -0.05) is 84.9 Å². The Balaban J connectivity index is 1.37. The van der Waals surface area contributed by atoms with Gasteiger partial charge in [0.2, 0.25) is 0 Å². The Labute approximate surface area is 228 Å². The van der Waals surface area contributed by atoms with E-state index in [1.165, 1.54) is 49.1 Å². The summed E-state index contributed by atoms with van der Waals surface area (Å²) in [5.74, 6) is -0.361. The van der Waals surface area contributed by atoms with Crippen LogP contribution in [0, 0.1) is 0 Å². The van der Waals surface area contributed by atoms with E-state index in [0.717, 1.165) is 17.7 Å². The van der Waals surface area contributed by atoms with E-state index in [9.17, 15) is 9.59 Å². The number of Topliss-reactive ketones (excluding diaryl/α,β-unsaturated/α-hetero) is 2. The molecule has 4 aromatic carbocycles. The molecule has 2 aromatic heterocycles. The van der Waals surface area contributed by atoms with Gasteiger partial charge in [-0.3, -0.25) is 9.59 Å². The van der Waals surface area contributed by atoms with Crippen molar-refractivity contribution in [2.24, 2.45) is 0 Å². The number of ketones is 2. The number of rotatable bonds is 1. The first-order valence-electron chi connectivity index (χ1n) is 13.3. The number of hydrogen-bond donors (Lipinski definition) is 0. The summed E-state index contributed by atoms with van der Waals surface area (Å²) in [7, 11) is 0. The molecule has 2 aliphatic carbocycles. The Morgan fingerprint density at radius 2 is 1.41 bits per heavy atom. The Kier molecular flexibility index (Phi) is 4.01. The maximum atomic E-state index is 13.2. The van der Waals surface area contributed by atoms with Crippen molar-refractivity contribution in [2.45, 2.75) is 18.3 Å². The highest BCUT2D eigenvalue weighted by Crippen LogP contribution is 2.58. The van der Waals surface area contributed by atoms with Crippen LogP contribution in [0.1, 0.15) is 54.3 Å². The first kappa shape index (κ1) is 21.4. The molecular formula is C35H21NO2S. The molecule has 3 nitrogen and oxygen atoms in total. The third-order valence-electron chi connectivity index (χ3n) is 8.99.